The largest absolute Gasteiger partial charge is 0.491 e. The summed E-state index contributed by atoms with van der Waals surface area (Å²) in [4.78, 5) is 30.6. The summed E-state index contributed by atoms with van der Waals surface area (Å²) in [6, 6.07) is 20.2. The zero-order valence-corrected chi connectivity index (χ0v) is 21.4. The van der Waals surface area contributed by atoms with Crippen molar-refractivity contribution in [3.63, 3.8) is 0 Å². The lowest BCUT2D eigenvalue weighted by Crippen LogP contribution is -2.23. The number of aromatic nitrogens is 3. The Kier molecular flexibility index (Phi) is 7.25. The van der Waals surface area contributed by atoms with Crippen molar-refractivity contribution in [2.45, 2.75) is 13.3 Å². The van der Waals surface area contributed by atoms with E-state index in [2.05, 4.69) is 4.98 Å². The number of para-hydroxylation sites is 1. The van der Waals surface area contributed by atoms with Gasteiger partial charge in [-0.1, -0.05) is 24.3 Å². The summed E-state index contributed by atoms with van der Waals surface area (Å²) >= 11 is 0. The van der Waals surface area contributed by atoms with Gasteiger partial charge in [-0.15, -0.1) is 0 Å². The number of aliphatic hydroxyl groups excluding tert-OH is 1. The zero-order chi connectivity index (χ0) is 27.5. The normalized spacial score (nSPS) is 11.1. The van der Waals surface area contributed by atoms with Crippen LogP contribution in [-0.4, -0.2) is 38.5 Å². The SMILES string of the molecule is Cc1c(C(=O)Cc2ccc(Oc3ccnc4cc(OCCO)ccc34)c(F)c2)c(=O)n(-c2ccccc2)n1C. The van der Waals surface area contributed by atoms with E-state index in [1.54, 1.807) is 67.3 Å². The summed E-state index contributed by atoms with van der Waals surface area (Å²) in [6.07, 6.45) is 1.41. The number of carbonyl (C=O) groups is 1. The van der Waals surface area contributed by atoms with Crippen molar-refractivity contribution in [1.29, 1.82) is 0 Å². The number of fused-ring (bicyclic) bond motifs is 1. The van der Waals surface area contributed by atoms with E-state index in [0.29, 0.717) is 39.3 Å². The van der Waals surface area contributed by atoms with E-state index in [1.807, 2.05) is 18.2 Å². The highest BCUT2D eigenvalue weighted by atomic mass is 19.1. The molecule has 1 N–H and O–H groups in total. The van der Waals surface area contributed by atoms with Gasteiger partial charge in [-0.2, -0.15) is 0 Å². The van der Waals surface area contributed by atoms with Gasteiger partial charge in [-0.25, -0.2) is 9.07 Å². The minimum Gasteiger partial charge on any atom is -0.491 e. The molecule has 0 amide bonds. The standard InChI is InChI=1S/C30H26FN3O5/c1-19-29(30(37)34(33(19)2)21-6-4-3-5-7-21)26(36)17-20-8-11-28(24(31)16-20)39-27-12-13-32-25-18-22(38-15-14-35)9-10-23(25)27/h3-13,16,18,35H,14-15,17H2,1-2H3. The Bertz CT molecular complexity index is 1730. The molecule has 9 heteroatoms. The smallest absolute Gasteiger partial charge is 0.282 e. The summed E-state index contributed by atoms with van der Waals surface area (Å²) in [5.41, 5.74) is 1.85. The van der Waals surface area contributed by atoms with Crippen LogP contribution in [0.15, 0.2) is 83.8 Å². The number of hydrogen-bond donors (Lipinski definition) is 1. The van der Waals surface area contributed by atoms with Crippen LogP contribution in [0.4, 0.5) is 4.39 Å². The molecule has 39 heavy (non-hydrogen) atoms. The van der Waals surface area contributed by atoms with E-state index in [-0.39, 0.29) is 30.9 Å². The number of rotatable bonds is 9. The monoisotopic (exact) mass is 527 g/mol. The molecule has 0 atom stereocenters. The predicted molar refractivity (Wildman–Crippen MR) is 145 cm³/mol. The number of hydrogen-bond acceptors (Lipinski definition) is 6. The van der Waals surface area contributed by atoms with Crippen molar-refractivity contribution < 1.29 is 23.8 Å². The number of nitrogens with zero attached hydrogens (tertiary/aromatic N) is 3. The molecule has 0 radical (unpaired) electrons. The second kappa shape index (κ2) is 10.9. The molecule has 0 aliphatic rings. The quantitative estimate of drug-likeness (QED) is 0.278. The zero-order valence-electron chi connectivity index (χ0n) is 21.4. The van der Waals surface area contributed by atoms with Crippen LogP contribution < -0.4 is 15.0 Å². The molecule has 2 heterocycles. The van der Waals surface area contributed by atoms with Crippen molar-refractivity contribution in [3.05, 3.63) is 112 Å². The van der Waals surface area contributed by atoms with E-state index in [9.17, 15) is 9.59 Å². The van der Waals surface area contributed by atoms with Gasteiger partial charge in [0.2, 0.25) is 0 Å². The predicted octanol–water partition coefficient (Wildman–Crippen LogP) is 4.76. The highest BCUT2D eigenvalue weighted by Gasteiger charge is 2.22. The third kappa shape index (κ3) is 5.17. The molecule has 8 nitrogen and oxygen atoms in total. The van der Waals surface area contributed by atoms with Gasteiger partial charge in [0.15, 0.2) is 17.3 Å². The van der Waals surface area contributed by atoms with E-state index < -0.39 is 17.2 Å². The van der Waals surface area contributed by atoms with Gasteiger partial charge < -0.3 is 14.6 Å². The van der Waals surface area contributed by atoms with Crippen LogP contribution in [0.3, 0.4) is 0 Å². The number of halogens is 1. The Morgan fingerprint density at radius 1 is 1.03 bits per heavy atom. The van der Waals surface area contributed by atoms with Crippen molar-refractivity contribution in [3.8, 4) is 22.9 Å². The molecule has 0 saturated carbocycles. The van der Waals surface area contributed by atoms with Crippen LogP contribution in [0.25, 0.3) is 16.6 Å². The topological polar surface area (TPSA) is 95.6 Å². The average molecular weight is 528 g/mol. The fourth-order valence-electron chi connectivity index (χ4n) is 4.46. The van der Waals surface area contributed by atoms with Crippen LogP contribution in [0.1, 0.15) is 21.6 Å². The third-order valence-corrected chi connectivity index (χ3v) is 6.45. The van der Waals surface area contributed by atoms with Gasteiger partial charge in [0.05, 0.1) is 17.8 Å². The van der Waals surface area contributed by atoms with Gasteiger partial charge in [0, 0.05) is 36.8 Å². The molecule has 0 saturated heterocycles. The number of ether oxygens (including phenoxy) is 2. The van der Waals surface area contributed by atoms with E-state index in [4.69, 9.17) is 14.6 Å². The van der Waals surface area contributed by atoms with Crippen molar-refractivity contribution >= 4 is 16.7 Å². The second-order valence-corrected chi connectivity index (χ2v) is 8.96. The number of pyridine rings is 1. The Morgan fingerprint density at radius 2 is 1.82 bits per heavy atom. The van der Waals surface area contributed by atoms with E-state index in [1.165, 1.54) is 16.8 Å². The number of Topliss-reactive ketones (excluding diaryl/α,β-unsaturated/α-hetero) is 1. The van der Waals surface area contributed by atoms with Crippen molar-refractivity contribution in [2.75, 3.05) is 13.2 Å². The first-order valence-electron chi connectivity index (χ1n) is 12.3. The lowest BCUT2D eigenvalue weighted by Gasteiger charge is -2.11. The first-order chi connectivity index (χ1) is 18.9. The third-order valence-electron chi connectivity index (χ3n) is 6.45. The van der Waals surface area contributed by atoms with Gasteiger partial charge >= 0.3 is 0 Å². The van der Waals surface area contributed by atoms with Gasteiger partial charge in [0.25, 0.3) is 5.56 Å². The molecular formula is C30H26FN3O5. The number of carbonyl (C=O) groups excluding carboxylic acids is 1. The highest BCUT2D eigenvalue weighted by molar-refractivity contribution is 5.98. The van der Waals surface area contributed by atoms with Crippen LogP contribution >= 0.6 is 0 Å². The number of aliphatic hydroxyl groups is 1. The maximum absolute atomic E-state index is 15.1. The molecule has 198 valence electrons. The molecule has 5 rings (SSSR count). The molecule has 0 bridgehead atoms. The number of ketones is 1. The first-order valence-corrected chi connectivity index (χ1v) is 12.3. The summed E-state index contributed by atoms with van der Waals surface area (Å²) in [7, 11) is 1.72. The van der Waals surface area contributed by atoms with Gasteiger partial charge in [-0.05, 0) is 55.0 Å². The fourth-order valence-corrected chi connectivity index (χ4v) is 4.46. The minimum atomic E-state index is -0.639. The van der Waals surface area contributed by atoms with Gasteiger partial charge in [-0.3, -0.25) is 19.3 Å². The molecule has 2 aromatic heterocycles. The second-order valence-electron chi connectivity index (χ2n) is 8.96. The summed E-state index contributed by atoms with van der Waals surface area (Å²) in [5.74, 6) is -0.0974. The van der Waals surface area contributed by atoms with Crippen molar-refractivity contribution in [2.24, 2.45) is 7.05 Å². The minimum absolute atomic E-state index is 0.0124. The lowest BCUT2D eigenvalue weighted by atomic mass is 10.0. The lowest BCUT2D eigenvalue weighted by molar-refractivity contribution is 0.0991. The molecule has 3 aromatic carbocycles. The molecule has 0 spiro atoms. The molecule has 0 aliphatic carbocycles. The Hall–Kier alpha value is -4.76. The molecular weight excluding hydrogens is 501 g/mol. The van der Waals surface area contributed by atoms with Crippen LogP contribution in [0, 0.1) is 12.7 Å². The highest BCUT2D eigenvalue weighted by Crippen LogP contribution is 2.32. The summed E-state index contributed by atoms with van der Waals surface area (Å²) in [5, 5.41) is 9.60. The molecule has 0 unspecified atom stereocenters. The average Bonchev–Trinajstić information content (AvgIpc) is 3.16. The maximum atomic E-state index is 15.1. The Morgan fingerprint density at radius 3 is 2.56 bits per heavy atom. The van der Waals surface area contributed by atoms with Crippen LogP contribution in [0.5, 0.6) is 17.2 Å². The molecule has 0 aliphatic heterocycles. The van der Waals surface area contributed by atoms with Crippen LogP contribution in [0.2, 0.25) is 0 Å². The van der Waals surface area contributed by atoms with Crippen LogP contribution in [-0.2, 0) is 13.5 Å². The van der Waals surface area contributed by atoms with Gasteiger partial charge in [0.1, 0.15) is 23.7 Å². The number of benzene rings is 3. The van der Waals surface area contributed by atoms with E-state index >= 15 is 4.39 Å². The molecule has 0 fully saturated rings. The van der Waals surface area contributed by atoms with E-state index in [0.717, 1.165) is 0 Å². The van der Waals surface area contributed by atoms with Crippen molar-refractivity contribution in [1.82, 2.24) is 14.3 Å². The summed E-state index contributed by atoms with van der Waals surface area (Å²) in [6.45, 7) is 1.77. The molecule has 5 aromatic rings. The summed E-state index contributed by atoms with van der Waals surface area (Å²) < 4.78 is 29.4. The fraction of sp³-hybridized carbons (Fsp3) is 0.167. The first kappa shape index (κ1) is 25.9. The maximum Gasteiger partial charge on any atom is 0.282 e. The Labute approximate surface area is 223 Å². The Balaban J connectivity index is 1.37.